The highest BCUT2D eigenvalue weighted by molar-refractivity contribution is 6.20. The first-order valence-electron chi connectivity index (χ1n) is 12.2. The molecule has 192 valence electrons. The van der Waals surface area contributed by atoms with Gasteiger partial charge in [0, 0.05) is 63.0 Å². The van der Waals surface area contributed by atoms with Crippen LogP contribution in [0.4, 0.5) is 16.2 Å². The van der Waals surface area contributed by atoms with Gasteiger partial charge in [0.2, 0.25) is 11.8 Å². The van der Waals surface area contributed by atoms with Crippen molar-refractivity contribution in [3.05, 3.63) is 69.8 Å². The summed E-state index contributed by atoms with van der Waals surface area (Å²) in [7, 11) is 1.35. The lowest BCUT2D eigenvalue weighted by Crippen LogP contribution is -2.75. The maximum Gasteiger partial charge on any atom is 0.333 e. The van der Waals surface area contributed by atoms with E-state index in [1.807, 2.05) is 17.9 Å². The molecule has 3 aliphatic heterocycles. The molecule has 2 aromatic carbocycles. The molecular weight excluding hydrogens is 478 g/mol. The summed E-state index contributed by atoms with van der Waals surface area (Å²) in [6.07, 6.45) is 0.401. The van der Waals surface area contributed by atoms with Crippen LogP contribution in [0.15, 0.2) is 48.5 Å². The molecule has 5 rings (SSSR count). The summed E-state index contributed by atoms with van der Waals surface area (Å²) < 4.78 is 0. The molecule has 2 unspecified atom stereocenters. The van der Waals surface area contributed by atoms with Gasteiger partial charge in [-0.15, -0.1) is 0 Å². The van der Waals surface area contributed by atoms with Crippen molar-refractivity contribution in [3.8, 4) is 0 Å². The smallest absolute Gasteiger partial charge is 0.333 e. The number of barbiturate groups is 1. The Morgan fingerprint density at radius 2 is 1.81 bits per heavy atom. The molecule has 0 aliphatic carbocycles. The average Bonchev–Trinajstić information content (AvgIpc) is 2.92. The fourth-order valence-electron chi connectivity index (χ4n) is 5.81. The SMILES string of the molecule is CCCN1C(=O)N(C)C(=O)C2(Cc3cc([N+](=O)[O-])ccc3N3CCN(C(=O)c4ccccc4)CC32)C1=O. The number of rotatable bonds is 4. The lowest BCUT2D eigenvalue weighted by molar-refractivity contribution is -0.384. The number of carbonyl (C=O) groups excluding carboxylic acids is 4. The minimum absolute atomic E-state index is 0.0869. The van der Waals surface area contributed by atoms with Crippen LogP contribution in [0, 0.1) is 15.5 Å². The fourth-order valence-corrected chi connectivity index (χ4v) is 5.81. The van der Waals surface area contributed by atoms with Crippen LogP contribution in [0.2, 0.25) is 0 Å². The first-order chi connectivity index (χ1) is 17.7. The van der Waals surface area contributed by atoms with Crippen LogP contribution in [-0.4, -0.2) is 82.6 Å². The minimum Gasteiger partial charge on any atom is -0.363 e. The molecule has 5 amide bonds. The van der Waals surface area contributed by atoms with Gasteiger partial charge < -0.3 is 9.80 Å². The highest BCUT2D eigenvalue weighted by atomic mass is 16.6. The van der Waals surface area contributed by atoms with E-state index in [1.54, 1.807) is 35.2 Å². The van der Waals surface area contributed by atoms with Crippen molar-refractivity contribution in [2.24, 2.45) is 5.41 Å². The Bertz CT molecular complexity index is 1310. The van der Waals surface area contributed by atoms with Gasteiger partial charge in [-0.1, -0.05) is 25.1 Å². The van der Waals surface area contributed by atoms with Gasteiger partial charge in [-0.05, 0) is 30.2 Å². The number of urea groups is 1. The summed E-state index contributed by atoms with van der Waals surface area (Å²) in [6.45, 7) is 2.71. The van der Waals surface area contributed by atoms with Crippen LogP contribution >= 0.6 is 0 Å². The van der Waals surface area contributed by atoms with Crippen molar-refractivity contribution in [1.82, 2.24) is 14.7 Å². The zero-order valence-electron chi connectivity index (χ0n) is 20.6. The van der Waals surface area contributed by atoms with Crippen LogP contribution in [0.1, 0.15) is 29.3 Å². The fraction of sp³-hybridized carbons (Fsp3) is 0.385. The number of benzene rings is 2. The van der Waals surface area contributed by atoms with Gasteiger partial charge in [-0.3, -0.25) is 34.3 Å². The third-order valence-electron chi connectivity index (χ3n) is 7.59. The Morgan fingerprint density at radius 3 is 2.49 bits per heavy atom. The number of nitrogens with zero attached hydrogens (tertiary/aromatic N) is 5. The maximum absolute atomic E-state index is 14.1. The Hall–Kier alpha value is -4.28. The third kappa shape index (κ3) is 3.64. The molecule has 3 aliphatic rings. The number of hydrogen-bond acceptors (Lipinski definition) is 7. The molecule has 2 fully saturated rings. The van der Waals surface area contributed by atoms with Gasteiger partial charge in [0.25, 0.3) is 11.6 Å². The molecule has 37 heavy (non-hydrogen) atoms. The molecule has 0 radical (unpaired) electrons. The van der Waals surface area contributed by atoms with E-state index >= 15 is 0 Å². The number of carbonyl (C=O) groups is 4. The molecule has 2 saturated heterocycles. The average molecular weight is 506 g/mol. The summed E-state index contributed by atoms with van der Waals surface area (Å²) >= 11 is 0. The first-order valence-corrected chi connectivity index (χ1v) is 12.2. The Kier molecular flexibility index (Phi) is 5.93. The van der Waals surface area contributed by atoms with Crippen molar-refractivity contribution in [3.63, 3.8) is 0 Å². The lowest BCUT2D eigenvalue weighted by Gasteiger charge is -2.56. The van der Waals surface area contributed by atoms with Gasteiger partial charge in [-0.25, -0.2) is 4.79 Å². The minimum atomic E-state index is -1.71. The first kappa shape index (κ1) is 24.4. The zero-order chi connectivity index (χ0) is 26.5. The third-order valence-corrected chi connectivity index (χ3v) is 7.59. The van der Waals surface area contributed by atoms with Crippen molar-refractivity contribution >= 4 is 35.1 Å². The number of imide groups is 2. The number of hydrogen-bond donors (Lipinski definition) is 0. The van der Waals surface area contributed by atoms with E-state index < -0.39 is 34.2 Å². The Labute approximate surface area is 213 Å². The predicted octanol–water partition coefficient (Wildman–Crippen LogP) is 2.30. The highest BCUT2D eigenvalue weighted by Crippen LogP contribution is 2.47. The highest BCUT2D eigenvalue weighted by Gasteiger charge is 2.64. The number of nitro groups is 1. The van der Waals surface area contributed by atoms with Gasteiger partial charge in [0.05, 0.1) is 11.0 Å². The zero-order valence-corrected chi connectivity index (χ0v) is 20.6. The second-order valence-corrected chi connectivity index (χ2v) is 9.65. The molecule has 1 spiro atoms. The van der Waals surface area contributed by atoms with Gasteiger partial charge in [0.15, 0.2) is 5.41 Å². The summed E-state index contributed by atoms with van der Waals surface area (Å²) in [4.78, 5) is 70.8. The van der Waals surface area contributed by atoms with E-state index in [1.165, 1.54) is 19.2 Å². The molecule has 0 bridgehead atoms. The molecule has 0 N–H and O–H groups in total. The summed E-state index contributed by atoms with van der Waals surface area (Å²) in [5.41, 5.74) is -0.173. The number of fused-ring (bicyclic) bond motifs is 4. The Morgan fingerprint density at radius 1 is 1.08 bits per heavy atom. The molecule has 2 aromatic rings. The van der Waals surface area contributed by atoms with E-state index in [0.29, 0.717) is 36.3 Å². The maximum atomic E-state index is 14.1. The normalized spacial score (nSPS) is 23.3. The van der Waals surface area contributed by atoms with Crippen molar-refractivity contribution in [2.75, 3.05) is 38.1 Å². The number of non-ortho nitro benzene ring substituents is 1. The monoisotopic (exact) mass is 505 g/mol. The van der Waals surface area contributed by atoms with Gasteiger partial charge >= 0.3 is 6.03 Å². The molecule has 11 heteroatoms. The molecule has 11 nitrogen and oxygen atoms in total. The predicted molar refractivity (Wildman–Crippen MR) is 133 cm³/mol. The van der Waals surface area contributed by atoms with E-state index in [9.17, 15) is 29.3 Å². The van der Waals surface area contributed by atoms with Crippen LogP contribution in [0.25, 0.3) is 0 Å². The standard InChI is InChI=1S/C26H27N5O6/c1-3-11-30-24(34)26(23(33)27(2)25(30)35)15-18-14-19(31(36)37)9-10-20(18)29-13-12-28(16-21(26)29)22(32)17-7-5-4-6-8-17/h4-10,14,21H,3,11-13,15-16H2,1-2H3. The second-order valence-electron chi connectivity index (χ2n) is 9.65. The number of amides is 5. The summed E-state index contributed by atoms with van der Waals surface area (Å²) in [5, 5.41) is 11.5. The topological polar surface area (TPSA) is 124 Å². The lowest BCUT2D eigenvalue weighted by atomic mass is 9.67. The van der Waals surface area contributed by atoms with E-state index in [0.717, 1.165) is 9.80 Å². The van der Waals surface area contributed by atoms with E-state index in [4.69, 9.17) is 0 Å². The molecule has 2 atom stereocenters. The number of nitro benzene ring substituents is 1. The largest absolute Gasteiger partial charge is 0.363 e. The van der Waals surface area contributed by atoms with Crippen LogP contribution < -0.4 is 4.90 Å². The summed E-state index contributed by atoms with van der Waals surface area (Å²) in [5.74, 6) is -1.49. The van der Waals surface area contributed by atoms with Crippen molar-refractivity contribution in [2.45, 2.75) is 25.8 Å². The van der Waals surface area contributed by atoms with Crippen LogP contribution in [0.3, 0.4) is 0 Å². The second kappa shape index (κ2) is 8.99. The van der Waals surface area contributed by atoms with Gasteiger partial charge in [0.1, 0.15) is 0 Å². The molecule has 0 aromatic heterocycles. The molecular formula is C26H27N5O6. The number of anilines is 1. The summed E-state index contributed by atoms with van der Waals surface area (Å²) in [6, 6.07) is 11.8. The van der Waals surface area contributed by atoms with Crippen LogP contribution in [0.5, 0.6) is 0 Å². The van der Waals surface area contributed by atoms with Crippen LogP contribution in [-0.2, 0) is 16.0 Å². The molecule has 0 saturated carbocycles. The van der Waals surface area contributed by atoms with Gasteiger partial charge in [-0.2, -0.15) is 0 Å². The molecule has 3 heterocycles. The van der Waals surface area contributed by atoms with E-state index in [-0.39, 0.29) is 31.1 Å². The Balaban J connectivity index is 1.64. The number of piperazine rings is 1. The van der Waals surface area contributed by atoms with Crippen molar-refractivity contribution < 1.29 is 24.1 Å². The van der Waals surface area contributed by atoms with Crippen molar-refractivity contribution in [1.29, 1.82) is 0 Å². The van der Waals surface area contributed by atoms with E-state index in [2.05, 4.69) is 0 Å². The quantitative estimate of drug-likeness (QED) is 0.355.